The molecule has 0 aliphatic rings. The fourth-order valence-electron chi connectivity index (χ4n) is 1.92. The molecule has 0 amide bonds. The number of carbonyl (C=O) groups is 1. The molecule has 0 aliphatic carbocycles. The summed E-state index contributed by atoms with van der Waals surface area (Å²) >= 11 is 0. The molecule has 1 heterocycles. The summed E-state index contributed by atoms with van der Waals surface area (Å²) in [5.41, 5.74) is 8.45. The van der Waals surface area contributed by atoms with Gasteiger partial charge in [-0.25, -0.2) is 9.78 Å². The second-order valence-electron chi connectivity index (χ2n) is 4.49. The summed E-state index contributed by atoms with van der Waals surface area (Å²) in [6.45, 7) is 2.09. The van der Waals surface area contributed by atoms with E-state index in [0.717, 1.165) is 12.1 Å². The standard InChI is InChI=1S/C15H17N3O2/c1-3-10-4-6-11(7-5-10)18(2)14-12(16)8-9-13(17-14)15(19)20/h4-9H,3,16H2,1-2H3,(H,19,20). The average molecular weight is 271 g/mol. The second-order valence-corrected chi connectivity index (χ2v) is 4.49. The Morgan fingerprint density at radius 2 is 1.90 bits per heavy atom. The minimum Gasteiger partial charge on any atom is -0.477 e. The zero-order valence-electron chi connectivity index (χ0n) is 11.5. The summed E-state index contributed by atoms with van der Waals surface area (Å²) < 4.78 is 0. The number of nitrogens with zero attached hydrogens (tertiary/aromatic N) is 2. The molecule has 0 saturated heterocycles. The van der Waals surface area contributed by atoms with E-state index in [4.69, 9.17) is 10.8 Å². The summed E-state index contributed by atoms with van der Waals surface area (Å²) in [5, 5.41) is 9.00. The van der Waals surface area contributed by atoms with Crippen molar-refractivity contribution in [3.63, 3.8) is 0 Å². The third kappa shape index (κ3) is 2.71. The van der Waals surface area contributed by atoms with E-state index in [9.17, 15) is 4.79 Å². The quantitative estimate of drug-likeness (QED) is 0.893. The Labute approximate surface area is 117 Å². The van der Waals surface area contributed by atoms with E-state index >= 15 is 0 Å². The van der Waals surface area contributed by atoms with Crippen LogP contribution >= 0.6 is 0 Å². The first-order valence-electron chi connectivity index (χ1n) is 6.35. The first-order valence-corrected chi connectivity index (χ1v) is 6.35. The number of aromatic nitrogens is 1. The average Bonchev–Trinajstić information content (AvgIpc) is 2.47. The Balaban J connectivity index is 2.38. The van der Waals surface area contributed by atoms with Gasteiger partial charge in [-0.15, -0.1) is 0 Å². The molecule has 5 heteroatoms. The van der Waals surface area contributed by atoms with Gasteiger partial charge in [-0.3, -0.25) is 0 Å². The molecule has 1 aromatic carbocycles. The lowest BCUT2D eigenvalue weighted by atomic mass is 10.1. The number of pyridine rings is 1. The molecule has 0 radical (unpaired) electrons. The van der Waals surface area contributed by atoms with Crippen molar-refractivity contribution < 1.29 is 9.90 Å². The molecule has 5 nitrogen and oxygen atoms in total. The SMILES string of the molecule is CCc1ccc(N(C)c2nc(C(=O)O)ccc2N)cc1. The predicted molar refractivity (Wildman–Crippen MR) is 79.5 cm³/mol. The Kier molecular flexibility index (Phi) is 3.89. The topological polar surface area (TPSA) is 79.5 Å². The van der Waals surface area contributed by atoms with E-state index in [0.29, 0.717) is 11.5 Å². The summed E-state index contributed by atoms with van der Waals surface area (Å²) in [7, 11) is 1.81. The Hall–Kier alpha value is -2.56. The van der Waals surface area contributed by atoms with Crippen molar-refractivity contribution in [2.24, 2.45) is 0 Å². The van der Waals surface area contributed by atoms with Crippen LogP contribution in [0.4, 0.5) is 17.2 Å². The number of anilines is 3. The third-order valence-electron chi connectivity index (χ3n) is 3.17. The van der Waals surface area contributed by atoms with E-state index in [1.165, 1.54) is 11.6 Å². The molecule has 0 spiro atoms. The van der Waals surface area contributed by atoms with E-state index < -0.39 is 5.97 Å². The molecule has 104 valence electrons. The first kappa shape index (κ1) is 13.9. The van der Waals surface area contributed by atoms with Crippen molar-refractivity contribution in [1.29, 1.82) is 0 Å². The Bertz CT molecular complexity index is 624. The van der Waals surface area contributed by atoms with Crippen molar-refractivity contribution in [1.82, 2.24) is 4.98 Å². The summed E-state index contributed by atoms with van der Waals surface area (Å²) in [4.78, 5) is 16.9. The predicted octanol–water partition coefficient (Wildman–Crippen LogP) is 2.69. The van der Waals surface area contributed by atoms with Crippen LogP contribution in [0, 0.1) is 0 Å². The van der Waals surface area contributed by atoms with Crippen LogP contribution in [0.3, 0.4) is 0 Å². The zero-order chi connectivity index (χ0) is 14.7. The molecule has 0 saturated carbocycles. The van der Waals surface area contributed by atoms with Crippen molar-refractivity contribution >= 4 is 23.2 Å². The maximum absolute atomic E-state index is 11.0. The second kappa shape index (κ2) is 5.61. The lowest BCUT2D eigenvalue weighted by Crippen LogP contribution is -2.15. The normalized spacial score (nSPS) is 10.3. The van der Waals surface area contributed by atoms with Gasteiger partial charge in [0.15, 0.2) is 11.5 Å². The van der Waals surface area contributed by atoms with Gasteiger partial charge >= 0.3 is 5.97 Å². The van der Waals surface area contributed by atoms with Gasteiger partial charge in [-0.2, -0.15) is 0 Å². The van der Waals surface area contributed by atoms with Gasteiger partial charge in [0.1, 0.15) is 0 Å². The molecule has 2 rings (SSSR count). The molecule has 0 bridgehead atoms. The fourth-order valence-corrected chi connectivity index (χ4v) is 1.92. The fraction of sp³-hybridized carbons (Fsp3) is 0.200. The van der Waals surface area contributed by atoms with E-state index in [-0.39, 0.29) is 5.69 Å². The number of carboxylic acids is 1. The van der Waals surface area contributed by atoms with Crippen molar-refractivity contribution in [2.75, 3.05) is 17.7 Å². The lowest BCUT2D eigenvalue weighted by molar-refractivity contribution is 0.0690. The van der Waals surface area contributed by atoms with E-state index in [1.807, 2.05) is 31.3 Å². The summed E-state index contributed by atoms with van der Waals surface area (Å²) in [6.07, 6.45) is 0.971. The molecule has 1 aromatic heterocycles. The number of hydrogen-bond donors (Lipinski definition) is 2. The highest BCUT2D eigenvalue weighted by Crippen LogP contribution is 2.27. The van der Waals surface area contributed by atoms with Crippen molar-refractivity contribution in [3.8, 4) is 0 Å². The zero-order valence-corrected chi connectivity index (χ0v) is 11.5. The van der Waals surface area contributed by atoms with Gasteiger partial charge in [0, 0.05) is 12.7 Å². The van der Waals surface area contributed by atoms with Gasteiger partial charge in [0.2, 0.25) is 0 Å². The molecule has 0 atom stereocenters. The Morgan fingerprint density at radius 3 is 2.45 bits per heavy atom. The molecule has 2 aromatic rings. The molecule has 3 N–H and O–H groups in total. The van der Waals surface area contributed by atoms with Gasteiger partial charge in [-0.05, 0) is 36.2 Å². The molecule has 0 unspecified atom stereocenters. The molecule has 0 aliphatic heterocycles. The van der Waals surface area contributed by atoms with Gasteiger partial charge in [0.05, 0.1) is 5.69 Å². The maximum Gasteiger partial charge on any atom is 0.354 e. The highest BCUT2D eigenvalue weighted by atomic mass is 16.4. The molecular weight excluding hydrogens is 254 g/mol. The van der Waals surface area contributed by atoms with Crippen LogP contribution in [0.1, 0.15) is 23.0 Å². The van der Waals surface area contributed by atoms with E-state index in [2.05, 4.69) is 11.9 Å². The number of aryl methyl sites for hydroxylation is 1. The molecular formula is C15H17N3O2. The van der Waals surface area contributed by atoms with Gasteiger partial charge in [-0.1, -0.05) is 19.1 Å². The number of nitrogen functional groups attached to an aromatic ring is 1. The minimum absolute atomic E-state index is 0.0220. The number of nitrogens with two attached hydrogens (primary N) is 1. The number of benzene rings is 1. The summed E-state index contributed by atoms with van der Waals surface area (Å²) in [5.74, 6) is -0.630. The molecule has 0 fully saturated rings. The third-order valence-corrected chi connectivity index (χ3v) is 3.17. The van der Waals surface area contributed by atoms with Crippen LogP contribution in [0.5, 0.6) is 0 Å². The largest absolute Gasteiger partial charge is 0.477 e. The first-order chi connectivity index (χ1) is 9.52. The highest BCUT2D eigenvalue weighted by Gasteiger charge is 2.13. The van der Waals surface area contributed by atoms with Crippen LogP contribution in [0.25, 0.3) is 0 Å². The van der Waals surface area contributed by atoms with Crippen LogP contribution in [0.15, 0.2) is 36.4 Å². The van der Waals surface area contributed by atoms with Crippen LogP contribution < -0.4 is 10.6 Å². The van der Waals surface area contributed by atoms with E-state index in [1.54, 1.807) is 11.0 Å². The number of rotatable bonds is 4. The van der Waals surface area contributed by atoms with Crippen molar-refractivity contribution in [2.45, 2.75) is 13.3 Å². The molecule has 20 heavy (non-hydrogen) atoms. The van der Waals surface area contributed by atoms with Crippen LogP contribution in [0.2, 0.25) is 0 Å². The number of carboxylic acid groups (broad SMARTS) is 1. The Morgan fingerprint density at radius 1 is 1.25 bits per heavy atom. The maximum atomic E-state index is 11.0. The summed E-state index contributed by atoms with van der Waals surface area (Å²) in [6, 6.07) is 10.9. The van der Waals surface area contributed by atoms with Crippen LogP contribution in [-0.4, -0.2) is 23.1 Å². The highest BCUT2D eigenvalue weighted by molar-refractivity contribution is 5.87. The van der Waals surface area contributed by atoms with Gasteiger partial charge in [0.25, 0.3) is 0 Å². The van der Waals surface area contributed by atoms with Gasteiger partial charge < -0.3 is 15.7 Å². The minimum atomic E-state index is -1.07. The lowest BCUT2D eigenvalue weighted by Gasteiger charge is -2.20. The smallest absolute Gasteiger partial charge is 0.354 e. The number of aromatic carboxylic acids is 1. The van der Waals surface area contributed by atoms with Crippen LogP contribution in [-0.2, 0) is 6.42 Å². The number of hydrogen-bond acceptors (Lipinski definition) is 4. The van der Waals surface area contributed by atoms with Crippen molar-refractivity contribution in [3.05, 3.63) is 47.7 Å². The monoisotopic (exact) mass is 271 g/mol.